The molecule has 1 saturated heterocycles. The van der Waals surface area contributed by atoms with Crippen molar-refractivity contribution in [3.63, 3.8) is 0 Å². The molecule has 0 amide bonds. The van der Waals surface area contributed by atoms with E-state index in [9.17, 15) is 0 Å². The number of nitrogens with one attached hydrogen (secondary N) is 1. The van der Waals surface area contributed by atoms with Gasteiger partial charge in [-0.2, -0.15) is 0 Å². The van der Waals surface area contributed by atoms with Crippen LogP contribution in [0.15, 0.2) is 4.99 Å². The van der Waals surface area contributed by atoms with Gasteiger partial charge in [-0.15, -0.1) is 10.2 Å². The highest BCUT2D eigenvalue weighted by molar-refractivity contribution is 5.79. The minimum absolute atomic E-state index is 0.521. The lowest BCUT2D eigenvalue weighted by atomic mass is 9.96. The topological polar surface area (TPSA) is 76.8 Å². The zero-order chi connectivity index (χ0) is 19.5. The van der Waals surface area contributed by atoms with Crippen LogP contribution in [0.4, 0.5) is 0 Å². The van der Waals surface area contributed by atoms with E-state index in [0.29, 0.717) is 6.54 Å². The highest BCUT2D eigenvalue weighted by Gasteiger charge is 2.16. The summed E-state index contributed by atoms with van der Waals surface area (Å²) in [5, 5.41) is 11.8. The lowest BCUT2D eigenvalue weighted by Gasteiger charge is -2.27. The van der Waals surface area contributed by atoms with E-state index in [2.05, 4.69) is 27.5 Å². The first-order chi connectivity index (χ1) is 13.1. The molecular formula is C19H36N6O2. The van der Waals surface area contributed by atoms with Crippen molar-refractivity contribution in [3.05, 3.63) is 11.6 Å². The number of aryl methyl sites for hydroxylation is 1. The molecule has 0 bridgehead atoms. The van der Waals surface area contributed by atoms with Gasteiger partial charge in [-0.1, -0.05) is 0 Å². The van der Waals surface area contributed by atoms with Crippen LogP contribution in [0.25, 0.3) is 0 Å². The second-order valence-electron chi connectivity index (χ2n) is 7.11. The van der Waals surface area contributed by atoms with Crippen LogP contribution in [0.3, 0.4) is 0 Å². The summed E-state index contributed by atoms with van der Waals surface area (Å²) in [6.07, 6.45) is 4.47. The van der Waals surface area contributed by atoms with E-state index in [-0.39, 0.29) is 0 Å². The predicted molar refractivity (Wildman–Crippen MR) is 107 cm³/mol. The summed E-state index contributed by atoms with van der Waals surface area (Å²) in [5.41, 5.74) is 0. The van der Waals surface area contributed by atoms with Crippen LogP contribution < -0.4 is 5.32 Å². The van der Waals surface area contributed by atoms with E-state index in [1.165, 1.54) is 19.3 Å². The third kappa shape index (κ3) is 7.46. The van der Waals surface area contributed by atoms with Gasteiger partial charge in [0.1, 0.15) is 12.4 Å². The Morgan fingerprint density at radius 1 is 1.37 bits per heavy atom. The summed E-state index contributed by atoms with van der Waals surface area (Å²) in [6, 6.07) is 0. The predicted octanol–water partition coefficient (Wildman–Crippen LogP) is 1.74. The molecule has 0 spiro atoms. The standard InChI is InChI=1S/C19H36N6O2/c1-5-26-12-6-10-20-19(21-15-18-23-22-16(2)25(18)4)24(3)11-7-17-8-13-27-14-9-17/h17H,5-15H2,1-4H3,(H,20,21). The first-order valence-electron chi connectivity index (χ1n) is 10.1. The van der Waals surface area contributed by atoms with Gasteiger partial charge in [0, 0.05) is 53.6 Å². The molecule has 0 aliphatic carbocycles. The summed E-state index contributed by atoms with van der Waals surface area (Å²) in [7, 11) is 4.08. The lowest BCUT2D eigenvalue weighted by molar-refractivity contribution is 0.0625. The van der Waals surface area contributed by atoms with E-state index in [1.807, 2.05) is 25.5 Å². The van der Waals surface area contributed by atoms with Crippen molar-refractivity contribution in [2.24, 2.45) is 18.0 Å². The van der Waals surface area contributed by atoms with Gasteiger partial charge in [-0.3, -0.25) is 0 Å². The van der Waals surface area contributed by atoms with Crippen LogP contribution in [0.2, 0.25) is 0 Å². The molecule has 1 fully saturated rings. The summed E-state index contributed by atoms with van der Waals surface area (Å²) < 4.78 is 12.9. The molecule has 27 heavy (non-hydrogen) atoms. The zero-order valence-electron chi connectivity index (χ0n) is 17.4. The molecule has 1 aromatic heterocycles. The summed E-state index contributed by atoms with van der Waals surface area (Å²) in [5.74, 6) is 3.44. The fourth-order valence-electron chi connectivity index (χ4n) is 3.08. The van der Waals surface area contributed by atoms with Crippen LogP contribution in [0.1, 0.15) is 44.3 Å². The molecule has 8 nitrogen and oxygen atoms in total. The molecule has 2 heterocycles. The van der Waals surface area contributed by atoms with Crippen molar-refractivity contribution in [3.8, 4) is 0 Å². The number of ether oxygens (including phenoxy) is 2. The normalized spacial score (nSPS) is 15.9. The number of aliphatic imine (C=N–C) groups is 1. The second-order valence-corrected chi connectivity index (χ2v) is 7.11. The Morgan fingerprint density at radius 3 is 2.81 bits per heavy atom. The van der Waals surface area contributed by atoms with Gasteiger partial charge >= 0.3 is 0 Å². The van der Waals surface area contributed by atoms with Gasteiger partial charge in [-0.05, 0) is 45.4 Å². The van der Waals surface area contributed by atoms with Gasteiger partial charge in [0.05, 0.1) is 0 Å². The van der Waals surface area contributed by atoms with Crippen LogP contribution in [-0.4, -0.2) is 72.2 Å². The summed E-state index contributed by atoms with van der Waals surface area (Å²) in [4.78, 5) is 7.01. The quantitative estimate of drug-likeness (QED) is 0.379. The molecule has 1 aliphatic heterocycles. The number of nitrogens with zero attached hydrogens (tertiary/aromatic N) is 5. The number of hydrogen-bond donors (Lipinski definition) is 1. The third-order valence-corrected chi connectivity index (χ3v) is 5.08. The van der Waals surface area contributed by atoms with Gasteiger partial charge < -0.3 is 24.3 Å². The largest absolute Gasteiger partial charge is 0.382 e. The maximum atomic E-state index is 5.46. The molecule has 0 radical (unpaired) electrons. The average Bonchev–Trinajstić information content (AvgIpc) is 3.01. The first kappa shape index (κ1) is 21.6. The Balaban J connectivity index is 1.90. The molecular weight excluding hydrogens is 344 g/mol. The minimum atomic E-state index is 0.521. The Bertz CT molecular complexity index is 569. The number of rotatable bonds is 10. The maximum Gasteiger partial charge on any atom is 0.194 e. The second kappa shape index (κ2) is 11.9. The van der Waals surface area contributed by atoms with Crippen LogP contribution in [-0.2, 0) is 23.1 Å². The highest BCUT2D eigenvalue weighted by Crippen LogP contribution is 2.18. The van der Waals surface area contributed by atoms with Crippen molar-refractivity contribution in [2.75, 3.05) is 46.6 Å². The number of guanidine groups is 1. The monoisotopic (exact) mass is 380 g/mol. The van der Waals surface area contributed by atoms with E-state index < -0.39 is 0 Å². The smallest absolute Gasteiger partial charge is 0.194 e. The molecule has 1 aromatic rings. The molecule has 0 unspecified atom stereocenters. The zero-order valence-corrected chi connectivity index (χ0v) is 17.4. The molecule has 0 aromatic carbocycles. The van der Waals surface area contributed by atoms with E-state index in [4.69, 9.17) is 14.5 Å². The molecule has 154 valence electrons. The van der Waals surface area contributed by atoms with Crippen LogP contribution in [0, 0.1) is 12.8 Å². The van der Waals surface area contributed by atoms with Gasteiger partial charge in [0.2, 0.25) is 0 Å². The van der Waals surface area contributed by atoms with Crippen molar-refractivity contribution in [2.45, 2.75) is 46.1 Å². The molecule has 2 rings (SSSR count). The average molecular weight is 381 g/mol. The molecule has 1 N–H and O–H groups in total. The van der Waals surface area contributed by atoms with Crippen molar-refractivity contribution in [1.82, 2.24) is 25.0 Å². The lowest BCUT2D eigenvalue weighted by Crippen LogP contribution is -2.41. The molecule has 1 aliphatic rings. The van der Waals surface area contributed by atoms with Crippen molar-refractivity contribution < 1.29 is 9.47 Å². The van der Waals surface area contributed by atoms with Crippen LogP contribution >= 0.6 is 0 Å². The third-order valence-electron chi connectivity index (χ3n) is 5.08. The van der Waals surface area contributed by atoms with Gasteiger partial charge in [-0.25, -0.2) is 4.99 Å². The number of aromatic nitrogens is 3. The van der Waals surface area contributed by atoms with Crippen molar-refractivity contribution in [1.29, 1.82) is 0 Å². The highest BCUT2D eigenvalue weighted by atomic mass is 16.5. The number of hydrogen-bond acceptors (Lipinski definition) is 5. The fourth-order valence-corrected chi connectivity index (χ4v) is 3.08. The molecule has 0 atom stereocenters. The Labute approximate surface area is 163 Å². The van der Waals surface area contributed by atoms with Gasteiger partial charge in [0.25, 0.3) is 0 Å². The van der Waals surface area contributed by atoms with E-state index in [0.717, 1.165) is 69.5 Å². The fraction of sp³-hybridized carbons (Fsp3) is 0.842. The van der Waals surface area contributed by atoms with E-state index in [1.54, 1.807) is 0 Å². The Morgan fingerprint density at radius 2 is 2.15 bits per heavy atom. The Kier molecular flexibility index (Phi) is 9.55. The summed E-state index contributed by atoms with van der Waals surface area (Å²) >= 11 is 0. The maximum absolute atomic E-state index is 5.46. The Hall–Kier alpha value is -1.67. The molecule has 8 heteroatoms. The van der Waals surface area contributed by atoms with Gasteiger partial charge in [0.15, 0.2) is 11.8 Å². The van der Waals surface area contributed by atoms with E-state index >= 15 is 0 Å². The first-order valence-corrected chi connectivity index (χ1v) is 10.1. The summed E-state index contributed by atoms with van der Waals surface area (Å²) in [6.45, 7) is 9.65. The minimum Gasteiger partial charge on any atom is -0.382 e. The van der Waals surface area contributed by atoms with Crippen LogP contribution in [0.5, 0.6) is 0 Å². The SMILES string of the molecule is CCOCCCNC(=NCc1nnc(C)n1C)N(C)CCC1CCOCC1. The van der Waals surface area contributed by atoms with Crippen molar-refractivity contribution >= 4 is 5.96 Å². The molecule has 0 saturated carbocycles.